The summed E-state index contributed by atoms with van der Waals surface area (Å²) in [6.07, 6.45) is 0.241. The molecule has 0 fully saturated rings. The summed E-state index contributed by atoms with van der Waals surface area (Å²) in [5, 5.41) is 13.1. The van der Waals surface area contributed by atoms with Gasteiger partial charge in [0.05, 0.1) is 12.7 Å². The van der Waals surface area contributed by atoms with Gasteiger partial charge in [-0.1, -0.05) is 12.1 Å². The highest BCUT2D eigenvalue weighted by atomic mass is 16.5. The van der Waals surface area contributed by atoms with E-state index >= 15 is 0 Å². The van der Waals surface area contributed by atoms with Crippen LogP contribution in [0.25, 0.3) is 0 Å². The molecule has 1 aliphatic heterocycles. The zero-order valence-electron chi connectivity index (χ0n) is 15.8. The maximum absolute atomic E-state index is 12.0. The average molecular weight is 370 g/mol. The molecule has 1 amide bonds. The Bertz CT molecular complexity index is 776. The Labute approximate surface area is 159 Å². The fraction of sp³-hybridized carbons (Fsp3) is 0.381. The smallest absolute Gasteiger partial charge is 0.258 e. The van der Waals surface area contributed by atoms with Crippen molar-refractivity contribution in [2.24, 2.45) is 0 Å². The number of ether oxygens (including phenoxy) is 2. The Morgan fingerprint density at radius 3 is 2.59 bits per heavy atom. The Hall–Kier alpha value is -2.73. The zero-order valence-corrected chi connectivity index (χ0v) is 15.8. The number of likely N-dealkylation sites (N-methyl/N-ethyl adjacent to an activating group) is 1. The van der Waals surface area contributed by atoms with Crippen LogP contribution in [0.4, 0.5) is 5.69 Å². The molecule has 2 aromatic carbocycles. The number of amides is 1. The summed E-state index contributed by atoms with van der Waals surface area (Å²) in [6.45, 7) is 3.57. The summed E-state index contributed by atoms with van der Waals surface area (Å²) < 4.78 is 10.8. The normalized spacial score (nSPS) is 13.8. The number of carbonyl (C=O) groups excluding carboxylic acids is 1. The van der Waals surface area contributed by atoms with Gasteiger partial charge in [0.1, 0.15) is 11.5 Å². The van der Waals surface area contributed by atoms with Gasteiger partial charge in [0.2, 0.25) is 0 Å². The Kier molecular flexibility index (Phi) is 6.19. The van der Waals surface area contributed by atoms with Crippen molar-refractivity contribution in [2.45, 2.75) is 19.4 Å². The fourth-order valence-corrected chi connectivity index (χ4v) is 3.12. The summed E-state index contributed by atoms with van der Waals surface area (Å²) >= 11 is 0. The second kappa shape index (κ2) is 8.77. The molecule has 6 nitrogen and oxygen atoms in total. The molecule has 0 saturated heterocycles. The summed E-state index contributed by atoms with van der Waals surface area (Å²) in [6, 6.07) is 13.1. The molecule has 1 heterocycles. The first-order chi connectivity index (χ1) is 13.1. The SMILES string of the molecule is CCOc1ccc(OCC(=O)NCC(O)c2ccc3c(c2)CCN3C)cc1. The van der Waals surface area contributed by atoms with E-state index in [1.54, 1.807) is 24.3 Å². The number of hydrogen-bond acceptors (Lipinski definition) is 5. The van der Waals surface area contributed by atoms with Gasteiger partial charge in [-0.2, -0.15) is 0 Å². The number of rotatable bonds is 8. The summed E-state index contributed by atoms with van der Waals surface area (Å²) in [5.41, 5.74) is 3.26. The molecule has 0 bridgehead atoms. The molecule has 0 spiro atoms. The zero-order chi connectivity index (χ0) is 19.2. The highest BCUT2D eigenvalue weighted by Gasteiger charge is 2.18. The maximum Gasteiger partial charge on any atom is 0.258 e. The number of aliphatic hydroxyl groups is 1. The van der Waals surface area contributed by atoms with Crippen LogP contribution in [0.2, 0.25) is 0 Å². The molecule has 2 N–H and O–H groups in total. The van der Waals surface area contributed by atoms with Crippen molar-refractivity contribution >= 4 is 11.6 Å². The molecule has 1 aliphatic rings. The van der Waals surface area contributed by atoms with Crippen molar-refractivity contribution in [1.82, 2.24) is 5.32 Å². The van der Waals surface area contributed by atoms with E-state index in [-0.39, 0.29) is 19.1 Å². The summed E-state index contributed by atoms with van der Waals surface area (Å²) in [7, 11) is 2.06. The lowest BCUT2D eigenvalue weighted by Crippen LogP contribution is -2.32. The first-order valence-corrected chi connectivity index (χ1v) is 9.21. The van der Waals surface area contributed by atoms with Crippen LogP contribution in [0.15, 0.2) is 42.5 Å². The molecule has 144 valence electrons. The van der Waals surface area contributed by atoms with Crippen LogP contribution >= 0.6 is 0 Å². The number of hydrogen-bond donors (Lipinski definition) is 2. The number of aliphatic hydroxyl groups excluding tert-OH is 1. The van der Waals surface area contributed by atoms with Crippen LogP contribution in [-0.4, -0.2) is 44.4 Å². The van der Waals surface area contributed by atoms with Crippen LogP contribution in [0.5, 0.6) is 11.5 Å². The number of benzene rings is 2. The van der Waals surface area contributed by atoms with E-state index in [1.165, 1.54) is 11.3 Å². The third-order valence-corrected chi connectivity index (χ3v) is 4.61. The van der Waals surface area contributed by atoms with Crippen molar-refractivity contribution in [3.63, 3.8) is 0 Å². The van der Waals surface area contributed by atoms with Crippen LogP contribution < -0.4 is 19.7 Å². The lowest BCUT2D eigenvalue weighted by Gasteiger charge is -2.15. The van der Waals surface area contributed by atoms with Crippen LogP contribution in [0.3, 0.4) is 0 Å². The minimum Gasteiger partial charge on any atom is -0.494 e. The molecule has 0 aliphatic carbocycles. The minimum atomic E-state index is -0.740. The van der Waals surface area contributed by atoms with Gasteiger partial charge >= 0.3 is 0 Å². The molecule has 0 radical (unpaired) electrons. The van der Waals surface area contributed by atoms with Gasteiger partial charge in [-0.25, -0.2) is 0 Å². The molecule has 2 aromatic rings. The number of anilines is 1. The summed E-state index contributed by atoms with van der Waals surface area (Å²) in [4.78, 5) is 14.2. The molecule has 0 aromatic heterocycles. The van der Waals surface area contributed by atoms with Crippen LogP contribution in [0.1, 0.15) is 24.2 Å². The van der Waals surface area contributed by atoms with E-state index in [0.717, 1.165) is 24.3 Å². The van der Waals surface area contributed by atoms with Gasteiger partial charge < -0.3 is 24.8 Å². The van der Waals surface area contributed by atoms with E-state index in [0.29, 0.717) is 12.4 Å². The topological polar surface area (TPSA) is 71.0 Å². The van der Waals surface area contributed by atoms with Crippen LogP contribution in [0, 0.1) is 0 Å². The van der Waals surface area contributed by atoms with E-state index in [1.807, 2.05) is 25.1 Å². The molecular weight excluding hydrogens is 344 g/mol. The number of nitrogens with zero attached hydrogens (tertiary/aromatic N) is 1. The third-order valence-electron chi connectivity index (χ3n) is 4.61. The van der Waals surface area contributed by atoms with Crippen molar-refractivity contribution in [3.05, 3.63) is 53.6 Å². The molecule has 6 heteroatoms. The van der Waals surface area contributed by atoms with Gasteiger partial charge in [-0.15, -0.1) is 0 Å². The van der Waals surface area contributed by atoms with E-state index in [2.05, 4.69) is 17.3 Å². The molecule has 1 unspecified atom stereocenters. The molecular formula is C21H26N2O4. The Balaban J connectivity index is 1.44. The number of fused-ring (bicyclic) bond motifs is 1. The third kappa shape index (κ3) is 4.92. The van der Waals surface area contributed by atoms with Gasteiger partial charge in [0, 0.05) is 25.8 Å². The quantitative estimate of drug-likeness (QED) is 0.746. The van der Waals surface area contributed by atoms with Crippen LogP contribution in [-0.2, 0) is 11.2 Å². The highest BCUT2D eigenvalue weighted by molar-refractivity contribution is 5.77. The van der Waals surface area contributed by atoms with Gasteiger partial charge in [0.25, 0.3) is 5.91 Å². The molecule has 1 atom stereocenters. The first-order valence-electron chi connectivity index (χ1n) is 9.21. The lowest BCUT2D eigenvalue weighted by atomic mass is 10.0. The summed E-state index contributed by atoms with van der Waals surface area (Å²) in [5.74, 6) is 1.08. The Morgan fingerprint density at radius 2 is 1.89 bits per heavy atom. The second-order valence-corrected chi connectivity index (χ2v) is 6.57. The monoisotopic (exact) mass is 370 g/mol. The van der Waals surface area contributed by atoms with Gasteiger partial charge in [-0.05, 0) is 54.8 Å². The molecule has 27 heavy (non-hydrogen) atoms. The largest absolute Gasteiger partial charge is 0.494 e. The van der Waals surface area contributed by atoms with Gasteiger partial charge in [0.15, 0.2) is 6.61 Å². The van der Waals surface area contributed by atoms with Crippen molar-refractivity contribution in [3.8, 4) is 11.5 Å². The van der Waals surface area contributed by atoms with Crippen molar-refractivity contribution in [1.29, 1.82) is 0 Å². The molecule has 0 saturated carbocycles. The standard InChI is InChI=1S/C21H26N2O4/c1-3-26-17-5-7-18(8-6-17)27-14-21(25)22-13-20(24)16-4-9-19-15(12-16)10-11-23(19)2/h4-9,12,20,24H,3,10-11,13-14H2,1-2H3,(H,22,25). The second-order valence-electron chi connectivity index (χ2n) is 6.57. The van der Waals surface area contributed by atoms with E-state index in [9.17, 15) is 9.90 Å². The van der Waals surface area contributed by atoms with E-state index in [4.69, 9.17) is 9.47 Å². The highest BCUT2D eigenvalue weighted by Crippen LogP contribution is 2.29. The Morgan fingerprint density at radius 1 is 1.19 bits per heavy atom. The van der Waals surface area contributed by atoms with E-state index < -0.39 is 6.10 Å². The predicted octanol–water partition coefficient (Wildman–Crippen LogP) is 2.31. The predicted molar refractivity (Wildman–Crippen MR) is 104 cm³/mol. The van der Waals surface area contributed by atoms with Crippen molar-refractivity contribution in [2.75, 3.05) is 38.3 Å². The first kappa shape index (κ1) is 19.0. The lowest BCUT2D eigenvalue weighted by molar-refractivity contribution is -0.123. The fourth-order valence-electron chi connectivity index (χ4n) is 3.12. The number of carbonyl (C=O) groups is 1. The van der Waals surface area contributed by atoms with Gasteiger partial charge in [-0.3, -0.25) is 4.79 Å². The van der Waals surface area contributed by atoms with Crippen molar-refractivity contribution < 1.29 is 19.4 Å². The number of nitrogens with one attached hydrogen (secondary N) is 1. The maximum atomic E-state index is 12.0. The average Bonchev–Trinajstić information content (AvgIpc) is 3.06. The minimum absolute atomic E-state index is 0.102. The molecule has 3 rings (SSSR count).